The van der Waals surface area contributed by atoms with Crippen LogP contribution in [0.4, 0.5) is 5.69 Å². The second kappa shape index (κ2) is 7.90. The van der Waals surface area contributed by atoms with E-state index in [4.69, 9.17) is 0 Å². The number of aromatic nitrogens is 2. The highest BCUT2D eigenvalue weighted by molar-refractivity contribution is 8.00. The average Bonchev–Trinajstić information content (AvgIpc) is 3.14. The maximum Gasteiger partial charge on any atom is 0.234 e. The molecular weight excluding hydrogens is 374 g/mol. The zero-order valence-electron chi connectivity index (χ0n) is 14.7. The smallest absolute Gasteiger partial charge is 0.234 e. The minimum atomic E-state index is -0.0490. The minimum Gasteiger partial charge on any atom is -0.325 e. The van der Waals surface area contributed by atoms with Crippen molar-refractivity contribution in [1.82, 2.24) is 9.97 Å². The summed E-state index contributed by atoms with van der Waals surface area (Å²) in [5.74, 6) is 0.247. The van der Waals surface area contributed by atoms with Gasteiger partial charge in [0.15, 0.2) is 0 Å². The number of hydrogen-bond donors (Lipinski definition) is 1. The summed E-state index contributed by atoms with van der Waals surface area (Å²) in [5.41, 5.74) is 4.21. The lowest BCUT2D eigenvalue weighted by molar-refractivity contribution is -0.113. The Kier molecular flexibility index (Phi) is 5.18. The van der Waals surface area contributed by atoms with Gasteiger partial charge in [0.05, 0.1) is 11.1 Å². The number of rotatable bonds is 5. The predicted octanol–water partition coefficient (Wildman–Crippen LogP) is 5.40. The normalized spacial score (nSPS) is 10.9. The summed E-state index contributed by atoms with van der Waals surface area (Å²) >= 11 is 3.03. The Morgan fingerprint density at radius 1 is 1.07 bits per heavy atom. The fourth-order valence-electron chi connectivity index (χ4n) is 2.76. The molecule has 0 atom stereocenters. The molecule has 2 heterocycles. The van der Waals surface area contributed by atoms with Crippen LogP contribution >= 0.6 is 23.1 Å². The first-order valence-electron chi connectivity index (χ1n) is 8.47. The molecule has 0 saturated heterocycles. The Balaban J connectivity index is 1.54. The summed E-state index contributed by atoms with van der Waals surface area (Å²) in [6, 6.07) is 18.0. The first kappa shape index (κ1) is 17.7. The van der Waals surface area contributed by atoms with E-state index in [9.17, 15) is 4.79 Å². The van der Waals surface area contributed by atoms with Gasteiger partial charge in [-0.2, -0.15) is 0 Å². The van der Waals surface area contributed by atoms with Crippen LogP contribution in [0.3, 0.4) is 0 Å². The van der Waals surface area contributed by atoms with Gasteiger partial charge in [0.25, 0.3) is 0 Å². The number of thiophene rings is 1. The van der Waals surface area contributed by atoms with Gasteiger partial charge in [-0.15, -0.1) is 11.3 Å². The Hall–Kier alpha value is -2.70. The Labute approximate surface area is 165 Å². The molecule has 4 rings (SSSR count). The largest absolute Gasteiger partial charge is 0.325 e. The average molecular weight is 392 g/mol. The highest BCUT2D eigenvalue weighted by atomic mass is 32.2. The molecule has 1 N–H and O–H groups in total. The maximum absolute atomic E-state index is 12.3. The second-order valence-electron chi connectivity index (χ2n) is 6.08. The zero-order chi connectivity index (χ0) is 18.6. The monoisotopic (exact) mass is 391 g/mol. The van der Waals surface area contributed by atoms with Crippen LogP contribution in [0.1, 0.15) is 5.56 Å². The lowest BCUT2D eigenvalue weighted by atomic mass is 10.1. The van der Waals surface area contributed by atoms with E-state index in [1.165, 1.54) is 11.8 Å². The van der Waals surface area contributed by atoms with Crippen molar-refractivity contribution in [2.24, 2.45) is 0 Å². The van der Waals surface area contributed by atoms with Crippen molar-refractivity contribution >= 4 is 44.9 Å². The fourth-order valence-corrected chi connectivity index (χ4v) is 4.55. The molecule has 2 aromatic heterocycles. The second-order valence-corrected chi connectivity index (χ2v) is 7.90. The van der Waals surface area contributed by atoms with Crippen molar-refractivity contribution in [2.75, 3.05) is 11.1 Å². The molecule has 6 heteroatoms. The summed E-state index contributed by atoms with van der Waals surface area (Å²) in [6.07, 6.45) is 1.56. The van der Waals surface area contributed by atoms with Gasteiger partial charge in [-0.25, -0.2) is 9.97 Å². The van der Waals surface area contributed by atoms with E-state index in [0.717, 1.165) is 37.6 Å². The minimum absolute atomic E-state index is 0.0490. The van der Waals surface area contributed by atoms with E-state index in [0.29, 0.717) is 5.75 Å². The molecular formula is C21H17N3OS2. The van der Waals surface area contributed by atoms with Gasteiger partial charge in [0, 0.05) is 16.6 Å². The number of carbonyl (C=O) groups is 1. The topological polar surface area (TPSA) is 54.9 Å². The van der Waals surface area contributed by atoms with Crippen molar-refractivity contribution in [3.05, 3.63) is 71.9 Å². The number of thioether (sulfide) groups is 1. The molecule has 4 aromatic rings. The standard InChI is InChI=1S/C21H17N3OS2/c1-14-7-9-16(10-8-14)24-18(25)12-27-21-19-17(15-5-3-2-4-6-15)11-26-20(19)22-13-23-21/h2-11,13H,12H2,1H3,(H,24,25). The van der Waals surface area contributed by atoms with E-state index in [1.54, 1.807) is 17.7 Å². The van der Waals surface area contributed by atoms with Crippen molar-refractivity contribution < 1.29 is 4.79 Å². The van der Waals surface area contributed by atoms with Crippen LogP contribution in [0.25, 0.3) is 21.3 Å². The van der Waals surface area contributed by atoms with Gasteiger partial charge in [-0.1, -0.05) is 59.8 Å². The van der Waals surface area contributed by atoms with Gasteiger partial charge in [0.1, 0.15) is 16.2 Å². The number of benzene rings is 2. The molecule has 0 saturated carbocycles. The number of nitrogens with one attached hydrogen (secondary N) is 1. The third-order valence-electron chi connectivity index (χ3n) is 4.10. The number of fused-ring (bicyclic) bond motifs is 1. The van der Waals surface area contributed by atoms with Crippen LogP contribution in [-0.2, 0) is 4.79 Å². The molecule has 0 unspecified atom stereocenters. The van der Waals surface area contributed by atoms with Crippen LogP contribution in [-0.4, -0.2) is 21.6 Å². The van der Waals surface area contributed by atoms with E-state index < -0.39 is 0 Å². The van der Waals surface area contributed by atoms with Gasteiger partial charge < -0.3 is 5.32 Å². The van der Waals surface area contributed by atoms with Gasteiger partial charge in [0.2, 0.25) is 5.91 Å². The highest BCUT2D eigenvalue weighted by Crippen LogP contribution is 2.37. The van der Waals surface area contributed by atoms with Crippen LogP contribution < -0.4 is 5.32 Å². The van der Waals surface area contributed by atoms with Gasteiger partial charge in [-0.05, 0) is 24.6 Å². The maximum atomic E-state index is 12.3. The van der Waals surface area contributed by atoms with Crippen LogP contribution in [0, 0.1) is 6.92 Å². The molecule has 134 valence electrons. The Bertz CT molecular complexity index is 1080. The van der Waals surface area contributed by atoms with E-state index in [-0.39, 0.29) is 5.91 Å². The highest BCUT2D eigenvalue weighted by Gasteiger charge is 2.14. The molecule has 27 heavy (non-hydrogen) atoms. The zero-order valence-corrected chi connectivity index (χ0v) is 16.3. The first-order chi connectivity index (χ1) is 13.2. The summed E-state index contributed by atoms with van der Waals surface area (Å²) in [5, 5.41) is 6.88. The lowest BCUT2D eigenvalue weighted by Crippen LogP contribution is -2.14. The van der Waals surface area contributed by atoms with Crippen LogP contribution in [0.15, 0.2) is 71.3 Å². The Morgan fingerprint density at radius 2 is 1.85 bits per heavy atom. The molecule has 0 spiro atoms. The lowest BCUT2D eigenvalue weighted by Gasteiger charge is -2.07. The molecule has 0 fully saturated rings. The third-order valence-corrected chi connectivity index (χ3v) is 5.97. The first-order valence-corrected chi connectivity index (χ1v) is 10.3. The van der Waals surface area contributed by atoms with Crippen molar-refractivity contribution in [1.29, 1.82) is 0 Å². The SMILES string of the molecule is Cc1ccc(NC(=O)CSc2ncnc3scc(-c4ccccc4)c23)cc1. The Morgan fingerprint density at radius 3 is 2.63 bits per heavy atom. The van der Waals surface area contributed by atoms with Crippen LogP contribution in [0.5, 0.6) is 0 Å². The van der Waals surface area contributed by atoms with Crippen LogP contribution in [0.2, 0.25) is 0 Å². The predicted molar refractivity (Wildman–Crippen MR) is 113 cm³/mol. The molecule has 0 aliphatic heterocycles. The van der Waals surface area contributed by atoms with E-state index >= 15 is 0 Å². The fraction of sp³-hybridized carbons (Fsp3) is 0.0952. The molecule has 2 aromatic carbocycles. The molecule has 0 aliphatic carbocycles. The van der Waals surface area contributed by atoms with Gasteiger partial charge >= 0.3 is 0 Å². The van der Waals surface area contributed by atoms with E-state index in [2.05, 4.69) is 32.8 Å². The number of hydrogen-bond acceptors (Lipinski definition) is 5. The molecule has 0 aliphatic rings. The van der Waals surface area contributed by atoms with Crippen molar-refractivity contribution in [3.63, 3.8) is 0 Å². The van der Waals surface area contributed by atoms with E-state index in [1.807, 2.05) is 49.4 Å². The summed E-state index contributed by atoms with van der Waals surface area (Å²) in [4.78, 5) is 22.1. The number of amides is 1. The molecule has 0 radical (unpaired) electrons. The third kappa shape index (κ3) is 4.02. The summed E-state index contributed by atoms with van der Waals surface area (Å²) in [6.45, 7) is 2.02. The number of aryl methyl sites for hydroxylation is 1. The summed E-state index contributed by atoms with van der Waals surface area (Å²) in [7, 11) is 0. The molecule has 4 nitrogen and oxygen atoms in total. The number of carbonyl (C=O) groups excluding carboxylic acids is 1. The quantitative estimate of drug-likeness (QED) is 0.366. The summed E-state index contributed by atoms with van der Waals surface area (Å²) < 4.78 is 0. The molecule has 1 amide bonds. The van der Waals surface area contributed by atoms with Crippen molar-refractivity contribution in [2.45, 2.75) is 11.9 Å². The number of anilines is 1. The molecule has 0 bridgehead atoms. The van der Waals surface area contributed by atoms with Crippen molar-refractivity contribution in [3.8, 4) is 11.1 Å². The number of nitrogens with zero attached hydrogens (tertiary/aromatic N) is 2. The van der Waals surface area contributed by atoms with Gasteiger partial charge in [-0.3, -0.25) is 4.79 Å².